The Kier molecular flexibility index (Phi) is 4.77. The number of hydrogen-bond donors (Lipinski definition) is 1. The van der Waals surface area contributed by atoms with E-state index in [2.05, 4.69) is 4.98 Å². The van der Waals surface area contributed by atoms with Gasteiger partial charge in [-0.3, -0.25) is 9.78 Å². The van der Waals surface area contributed by atoms with Crippen LogP contribution in [0, 0.1) is 5.92 Å². The van der Waals surface area contributed by atoms with E-state index in [1.165, 1.54) is 23.4 Å². The molecule has 120 valence electrons. The molecule has 1 unspecified atom stereocenters. The van der Waals surface area contributed by atoms with Crippen molar-refractivity contribution in [1.82, 2.24) is 4.98 Å². The van der Waals surface area contributed by atoms with Crippen molar-refractivity contribution in [3.63, 3.8) is 0 Å². The quantitative estimate of drug-likeness (QED) is 0.754. The third-order valence-corrected chi connectivity index (χ3v) is 4.20. The predicted molar refractivity (Wildman–Crippen MR) is 78.6 cm³/mol. The maximum absolute atomic E-state index is 12.1. The highest BCUT2D eigenvalue weighted by molar-refractivity contribution is 7.89. The third kappa shape index (κ3) is 3.80. The summed E-state index contributed by atoms with van der Waals surface area (Å²) in [7, 11) is -3.66. The molecular weight excluding hydrogens is 310 g/mol. The van der Waals surface area contributed by atoms with E-state index >= 15 is 0 Å². The molecule has 0 spiro atoms. The van der Waals surface area contributed by atoms with Crippen molar-refractivity contribution >= 4 is 27.6 Å². The van der Waals surface area contributed by atoms with E-state index in [9.17, 15) is 18.0 Å². The van der Waals surface area contributed by atoms with Gasteiger partial charge in [0.15, 0.2) is 0 Å². The number of hydrogen-bond acceptors (Lipinski definition) is 6. The van der Waals surface area contributed by atoms with Crippen molar-refractivity contribution in [1.29, 1.82) is 0 Å². The summed E-state index contributed by atoms with van der Waals surface area (Å²) in [5.41, 5.74) is 0.546. The zero-order valence-electron chi connectivity index (χ0n) is 12.1. The summed E-state index contributed by atoms with van der Waals surface area (Å²) in [6, 6.07) is 1.47. The Morgan fingerprint density at radius 1 is 1.55 bits per heavy atom. The van der Waals surface area contributed by atoms with Gasteiger partial charge in [0, 0.05) is 25.1 Å². The molecule has 1 fully saturated rings. The number of sulfonamides is 1. The summed E-state index contributed by atoms with van der Waals surface area (Å²) in [5.74, 6) is -1.50. The van der Waals surface area contributed by atoms with Crippen LogP contribution < -0.4 is 10.0 Å². The minimum atomic E-state index is -3.66. The first-order valence-corrected chi connectivity index (χ1v) is 8.45. The first kappa shape index (κ1) is 16.4. The van der Waals surface area contributed by atoms with Crippen LogP contribution in [0.25, 0.3) is 0 Å². The molecule has 8 nitrogen and oxygen atoms in total. The van der Waals surface area contributed by atoms with Gasteiger partial charge in [-0.05, 0) is 13.0 Å². The van der Waals surface area contributed by atoms with E-state index < -0.39 is 21.9 Å². The number of ether oxygens (including phenoxy) is 1. The Hall–Kier alpha value is -2.00. The molecule has 1 aromatic heterocycles. The molecule has 2 N–H and O–H groups in total. The monoisotopic (exact) mass is 327 g/mol. The molecule has 1 atom stereocenters. The maximum Gasteiger partial charge on any atom is 0.340 e. The van der Waals surface area contributed by atoms with Gasteiger partial charge in [-0.25, -0.2) is 18.4 Å². The standard InChI is InChI=1S/C13H17N3O5S/c1-2-21-13(18)10-3-4-15-6-11(10)16-7-9(5-12(16)17)8-22(14,19)20/h3-4,6,9H,2,5,7-8H2,1H3,(H2,14,19,20). The van der Waals surface area contributed by atoms with Crippen molar-refractivity contribution in [2.75, 3.05) is 23.8 Å². The van der Waals surface area contributed by atoms with E-state index in [4.69, 9.17) is 9.88 Å². The van der Waals surface area contributed by atoms with Gasteiger partial charge in [-0.15, -0.1) is 0 Å². The van der Waals surface area contributed by atoms with Crippen LogP contribution >= 0.6 is 0 Å². The predicted octanol–water partition coefficient (Wildman–Crippen LogP) is -0.100. The van der Waals surface area contributed by atoms with Gasteiger partial charge in [0.1, 0.15) is 0 Å². The molecule has 0 radical (unpaired) electrons. The lowest BCUT2D eigenvalue weighted by atomic mass is 10.1. The van der Waals surface area contributed by atoms with Crippen LogP contribution in [-0.4, -0.2) is 44.2 Å². The minimum Gasteiger partial charge on any atom is -0.462 e. The zero-order chi connectivity index (χ0) is 16.3. The van der Waals surface area contributed by atoms with Crippen LogP contribution in [0.5, 0.6) is 0 Å². The van der Waals surface area contributed by atoms with E-state index in [0.717, 1.165) is 0 Å². The average molecular weight is 327 g/mol. The van der Waals surface area contributed by atoms with Crippen LogP contribution in [0.4, 0.5) is 5.69 Å². The van der Waals surface area contributed by atoms with Gasteiger partial charge in [0.2, 0.25) is 15.9 Å². The summed E-state index contributed by atoms with van der Waals surface area (Å²) >= 11 is 0. The number of esters is 1. The Morgan fingerprint density at radius 2 is 2.27 bits per heavy atom. The molecule has 1 aliphatic rings. The van der Waals surface area contributed by atoms with E-state index in [0.29, 0.717) is 5.69 Å². The number of nitrogens with two attached hydrogens (primary N) is 1. The van der Waals surface area contributed by atoms with Crippen LogP contribution in [-0.2, 0) is 19.6 Å². The van der Waals surface area contributed by atoms with Crippen LogP contribution in [0.2, 0.25) is 0 Å². The van der Waals surface area contributed by atoms with E-state index in [1.807, 2.05) is 0 Å². The van der Waals surface area contributed by atoms with Crippen LogP contribution in [0.3, 0.4) is 0 Å². The molecule has 0 saturated carbocycles. The first-order valence-electron chi connectivity index (χ1n) is 6.73. The van der Waals surface area contributed by atoms with Crippen molar-refractivity contribution in [3.8, 4) is 0 Å². The van der Waals surface area contributed by atoms with Gasteiger partial charge in [0.05, 0.1) is 29.8 Å². The van der Waals surface area contributed by atoms with Crippen molar-refractivity contribution in [2.24, 2.45) is 11.1 Å². The lowest BCUT2D eigenvalue weighted by molar-refractivity contribution is -0.117. The second-order valence-electron chi connectivity index (χ2n) is 5.02. The summed E-state index contributed by atoms with van der Waals surface area (Å²) < 4.78 is 27.3. The molecule has 1 saturated heterocycles. The van der Waals surface area contributed by atoms with Gasteiger partial charge in [-0.2, -0.15) is 0 Å². The highest BCUT2D eigenvalue weighted by Gasteiger charge is 2.34. The molecule has 2 heterocycles. The third-order valence-electron chi connectivity index (χ3n) is 3.26. The van der Waals surface area contributed by atoms with Gasteiger partial charge in [-0.1, -0.05) is 0 Å². The second-order valence-corrected chi connectivity index (χ2v) is 6.68. The lowest BCUT2D eigenvalue weighted by Gasteiger charge is -2.19. The summed E-state index contributed by atoms with van der Waals surface area (Å²) in [4.78, 5) is 29.3. The number of amides is 1. The molecule has 0 aromatic carbocycles. The average Bonchev–Trinajstić information content (AvgIpc) is 2.77. The molecule has 1 amide bonds. The molecular formula is C13H17N3O5S. The normalized spacial score (nSPS) is 18.5. The van der Waals surface area contributed by atoms with E-state index in [1.54, 1.807) is 6.92 Å². The number of rotatable bonds is 5. The summed E-state index contributed by atoms with van der Waals surface area (Å²) in [6.45, 7) is 2.07. The SMILES string of the molecule is CCOC(=O)c1ccncc1N1CC(CS(N)(=O)=O)CC1=O. The van der Waals surface area contributed by atoms with Crippen LogP contribution in [0.1, 0.15) is 23.7 Å². The number of aromatic nitrogens is 1. The highest BCUT2D eigenvalue weighted by atomic mass is 32.2. The molecule has 0 aliphatic carbocycles. The van der Waals surface area contributed by atoms with E-state index in [-0.39, 0.29) is 36.8 Å². The number of anilines is 1. The molecule has 1 aromatic rings. The first-order chi connectivity index (χ1) is 10.3. The fourth-order valence-corrected chi connectivity index (χ4v) is 3.32. The van der Waals surface area contributed by atoms with Crippen molar-refractivity contribution in [2.45, 2.75) is 13.3 Å². The Morgan fingerprint density at radius 3 is 2.91 bits per heavy atom. The number of carbonyl (C=O) groups is 2. The Balaban J connectivity index is 2.25. The largest absolute Gasteiger partial charge is 0.462 e. The maximum atomic E-state index is 12.1. The van der Waals surface area contributed by atoms with Gasteiger partial charge < -0.3 is 9.64 Å². The zero-order valence-corrected chi connectivity index (χ0v) is 12.9. The fourth-order valence-electron chi connectivity index (χ4n) is 2.44. The summed E-state index contributed by atoms with van der Waals surface area (Å²) in [5, 5.41) is 5.02. The lowest BCUT2D eigenvalue weighted by Crippen LogP contribution is -2.29. The minimum absolute atomic E-state index is 0.0631. The fraction of sp³-hybridized carbons (Fsp3) is 0.462. The topological polar surface area (TPSA) is 120 Å². The van der Waals surface area contributed by atoms with Crippen LogP contribution in [0.15, 0.2) is 18.5 Å². The Bertz CT molecular complexity index is 689. The number of nitrogens with zero attached hydrogens (tertiary/aromatic N) is 2. The number of pyridine rings is 1. The number of primary sulfonamides is 1. The van der Waals surface area contributed by atoms with Crippen molar-refractivity contribution < 1.29 is 22.7 Å². The van der Waals surface area contributed by atoms with Gasteiger partial charge in [0.25, 0.3) is 0 Å². The molecule has 9 heteroatoms. The molecule has 22 heavy (non-hydrogen) atoms. The smallest absolute Gasteiger partial charge is 0.340 e. The Labute approximate surface area is 128 Å². The van der Waals surface area contributed by atoms with Crippen molar-refractivity contribution in [3.05, 3.63) is 24.0 Å². The van der Waals surface area contributed by atoms with Gasteiger partial charge >= 0.3 is 5.97 Å². The molecule has 0 bridgehead atoms. The molecule has 1 aliphatic heterocycles. The number of carbonyl (C=O) groups excluding carboxylic acids is 2. The molecule has 2 rings (SSSR count). The highest BCUT2D eigenvalue weighted by Crippen LogP contribution is 2.28. The summed E-state index contributed by atoms with van der Waals surface area (Å²) in [6.07, 6.45) is 2.88. The second kappa shape index (κ2) is 6.41.